The molecule has 1 unspecified atom stereocenters. The Bertz CT molecular complexity index is 290. The Hall–Kier alpha value is -1.43. The Labute approximate surface area is 87.6 Å². The van der Waals surface area contributed by atoms with E-state index in [9.17, 15) is 14.4 Å². The van der Waals surface area contributed by atoms with Gasteiger partial charge in [-0.15, -0.1) is 0 Å². The summed E-state index contributed by atoms with van der Waals surface area (Å²) in [5, 5.41) is 2.84. The molecule has 1 N–H and O–H groups in total. The molecule has 0 aliphatic carbocycles. The van der Waals surface area contributed by atoms with Crippen LogP contribution < -0.4 is 5.32 Å². The molecule has 1 rings (SSSR count). The molecule has 1 saturated heterocycles. The zero-order valence-electron chi connectivity index (χ0n) is 8.78. The van der Waals surface area contributed by atoms with Crippen LogP contribution in [0.4, 0.5) is 0 Å². The topological polar surface area (TPSA) is 75.7 Å². The van der Waals surface area contributed by atoms with Gasteiger partial charge in [0, 0.05) is 13.6 Å². The van der Waals surface area contributed by atoms with E-state index < -0.39 is 6.04 Å². The fourth-order valence-corrected chi connectivity index (χ4v) is 1.37. The molecule has 0 aromatic rings. The van der Waals surface area contributed by atoms with Crippen molar-refractivity contribution in [2.45, 2.75) is 18.9 Å². The van der Waals surface area contributed by atoms with Crippen LogP contribution >= 0.6 is 0 Å². The standard InChI is InChI=1S/C9H14N2O4/c1-11-7(12)5-6(9(11)14)10-4-3-8(13)15-2/h6,10H,3-5H2,1-2H3. The molecule has 1 aliphatic heterocycles. The summed E-state index contributed by atoms with van der Waals surface area (Å²) >= 11 is 0. The number of likely N-dealkylation sites (tertiary alicyclic amines) is 1. The van der Waals surface area contributed by atoms with Crippen LogP contribution in [0, 0.1) is 0 Å². The first-order chi connectivity index (χ1) is 7.06. The molecule has 0 aromatic heterocycles. The van der Waals surface area contributed by atoms with E-state index in [1.54, 1.807) is 0 Å². The van der Waals surface area contributed by atoms with Crippen molar-refractivity contribution in [1.29, 1.82) is 0 Å². The molecule has 1 heterocycles. The largest absolute Gasteiger partial charge is 0.469 e. The molecular weight excluding hydrogens is 200 g/mol. The third kappa shape index (κ3) is 2.76. The molecule has 0 aromatic carbocycles. The number of likely N-dealkylation sites (N-methyl/N-ethyl adjacent to an activating group) is 1. The van der Waals surface area contributed by atoms with Crippen molar-refractivity contribution >= 4 is 17.8 Å². The molecule has 6 nitrogen and oxygen atoms in total. The summed E-state index contributed by atoms with van der Waals surface area (Å²) in [7, 11) is 2.76. The first kappa shape index (κ1) is 11.6. The quantitative estimate of drug-likeness (QED) is 0.474. The summed E-state index contributed by atoms with van der Waals surface area (Å²) in [4.78, 5) is 34.4. The maximum Gasteiger partial charge on any atom is 0.306 e. The minimum absolute atomic E-state index is 0.163. The third-order valence-corrected chi connectivity index (χ3v) is 2.33. The summed E-state index contributed by atoms with van der Waals surface area (Å²) in [5.74, 6) is -0.784. The van der Waals surface area contributed by atoms with Crippen molar-refractivity contribution in [1.82, 2.24) is 10.2 Å². The highest BCUT2D eigenvalue weighted by Gasteiger charge is 2.35. The molecule has 0 radical (unpaired) electrons. The van der Waals surface area contributed by atoms with Crippen molar-refractivity contribution in [2.75, 3.05) is 20.7 Å². The Morgan fingerprint density at radius 2 is 2.27 bits per heavy atom. The lowest BCUT2D eigenvalue weighted by Gasteiger charge is -2.09. The Kier molecular flexibility index (Phi) is 3.79. The van der Waals surface area contributed by atoms with E-state index >= 15 is 0 Å². The second-order valence-electron chi connectivity index (χ2n) is 3.33. The van der Waals surface area contributed by atoms with Crippen LogP contribution in [-0.2, 0) is 19.1 Å². The highest BCUT2D eigenvalue weighted by molar-refractivity contribution is 6.05. The number of hydrogen-bond donors (Lipinski definition) is 1. The van der Waals surface area contributed by atoms with Gasteiger partial charge >= 0.3 is 5.97 Å². The van der Waals surface area contributed by atoms with E-state index in [2.05, 4.69) is 10.1 Å². The predicted molar refractivity (Wildman–Crippen MR) is 50.8 cm³/mol. The van der Waals surface area contributed by atoms with E-state index in [0.717, 1.165) is 4.90 Å². The van der Waals surface area contributed by atoms with Gasteiger partial charge in [0.25, 0.3) is 0 Å². The molecule has 1 atom stereocenters. The van der Waals surface area contributed by atoms with E-state index in [4.69, 9.17) is 0 Å². The van der Waals surface area contributed by atoms with E-state index in [0.29, 0.717) is 6.54 Å². The fraction of sp³-hybridized carbons (Fsp3) is 0.667. The zero-order chi connectivity index (χ0) is 11.4. The van der Waals surface area contributed by atoms with Crippen LogP contribution in [0.5, 0.6) is 0 Å². The van der Waals surface area contributed by atoms with Crippen molar-refractivity contribution in [3.05, 3.63) is 0 Å². The third-order valence-electron chi connectivity index (χ3n) is 2.33. The lowest BCUT2D eigenvalue weighted by Crippen LogP contribution is -2.38. The molecular formula is C9H14N2O4. The number of methoxy groups -OCH3 is 1. The average Bonchev–Trinajstić information content (AvgIpc) is 2.46. The number of carbonyl (C=O) groups is 3. The Morgan fingerprint density at radius 1 is 1.60 bits per heavy atom. The summed E-state index contributed by atoms with van der Waals surface area (Å²) in [6.45, 7) is 0.337. The number of esters is 1. The van der Waals surface area contributed by atoms with E-state index in [1.165, 1.54) is 14.2 Å². The number of nitrogens with zero attached hydrogens (tertiary/aromatic N) is 1. The SMILES string of the molecule is COC(=O)CCNC1CC(=O)N(C)C1=O. The normalized spacial score (nSPS) is 20.9. The minimum Gasteiger partial charge on any atom is -0.469 e. The predicted octanol–water partition coefficient (Wildman–Crippen LogP) is -1.10. The van der Waals surface area contributed by atoms with Gasteiger partial charge in [0.2, 0.25) is 11.8 Å². The molecule has 15 heavy (non-hydrogen) atoms. The number of rotatable bonds is 4. The van der Waals surface area contributed by atoms with Gasteiger partial charge in [-0.1, -0.05) is 0 Å². The first-order valence-corrected chi connectivity index (χ1v) is 4.67. The van der Waals surface area contributed by atoms with E-state index in [1.807, 2.05) is 0 Å². The van der Waals surface area contributed by atoms with Crippen LogP contribution in [0.25, 0.3) is 0 Å². The number of amides is 2. The molecule has 0 spiro atoms. The second-order valence-corrected chi connectivity index (χ2v) is 3.33. The second kappa shape index (κ2) is 4.88. The first-order valence-electron chi connectivity index (χ1n) is 4.67. The summed E-state index contributed by atoms with van der Waals surface area (Å²) in [6.07, 6.45) is 0.356. The number of nitrogens with one attached hydrogen (secondary N) is 1. The highest BCUT2D eigenvalue weighted by atomic mass is 16.5. The van der Waals surface area contributed by atoms with Gasteiger partial charge in [-0.05, 0) is 0 Å². The minimum atomic E-state index is -0.493. The number of hydrogen-bond acceptors (Lipinski definition) is 5. The van der Waals surface area contributed by atoms with Gasteiger partial charge < -0.3 is 10.1 Å². The van der Waals surface area contributed by atoms with Crippen LogP contribution in [0.3, 0.4) is 0 Å². The fourth-order valence-electron chi connectivity index (χ4n) is 1.37. The van der Waals surface area contributed by atoms with Crippen LogP contribution in [0.1, 0.15) is 12.8 Å². The smallest absolute Gasteiger partial charge is 0.306 e. The lowest BCUT2D eigenvalue weighted by molar-refractivity contribution is -0.141. The van der Waals surface area contributed by atoms with Gasteiger partial charge in [-0.25, -0.2) is 0 Å². The van der Waals surface area contributed by atoms with Crippen LogP contribution in [0.2, 0.25) is 0 Å². The molecule has 0 saturated carbocycles. The number of carbonyl (C=O) groups excluding carboxylic acids is 3. The molecule has 2 amide bonds. The van der Waals surface area contributed by atoms with E-state index in [-0.39, 0.29) is 30.6 Å². The van der Waals surface area contributed by atoms with Crippen molar-refractivity contribution < 1.29 is 19.1 Å². The maximum absolute atomic E-state index is 11.4. The Morgan fingerprint density at radius 3 is 2.73 bits per heavy atom. The van der Waals surface area contributed by atoms with Crippen LogP contribution in [0.15, 0.2) is 0 Å². The molecule has 84 valence electrons. The molecule has 0 bridgehead atoms. The van der Waals surface area contributed by atoms with Crippen molar-refractivity contribution in [3.8, 4) is 0 Å². The van der Waals surface area contributed by atoms with Gasteiger partial charge in [0.05, 0.1) is 26.0 Å². The van der Waals surface area contributed by atoms with Crippen molar-refractivity contribution in [3.63, 3.8) is 0 Å². The zero-order valence-corrected chi connectivity index (χ0v) is 8.78. The van der Waals surface area contributed by atoms with Crippen LogP contribution in [-0.4, -0.2) is 49.4 Å². The molecule has 6 heteroatoms. The Balaban J connectivity index is 2.32. The summed E-state index contributed by atoms with van der Waals surface area (Å²) < 4.78 is 4.44. The lowest BCUT2D eigenvalue weighted by atomic mass is 10.2. The maximum atomic E-state index is 11.4. The number of imide groups is 1. The van der Waals surface area contributed by atoms with Gasteiger partial charge in [-0.2, -0.15) is 0 Å². The summed E-state index contributed by atoms with van der Waals surface area (Å²) in [6, 6.07) is -0.493. The molecule has 1 fully saturated rings. The molecule has 1 aliphatic rings. The number of ether oxygens (including phenoxy) is 1. The van der Waals surface area contributed by atoms with Crippen molar-refractivity contribution in [2.24, 2.45) is 0 Å². The highest BCUT2D eigenvalue weighted by Crippen LogP contribution is 2.10. The van der Waals surface area contributed by atoms with Gasteiger partial charge in [0.1, 0.15) is 0 Å². The van der Waals surface area contributed by atoms with Gasteiger partial charge in [-0.3, -0.25) is 19.3 Å². The van der Waals surface area contributed by atoms with Gasteiger partial charge in [0.15, 0.2) is 0 Å². The summed E-state index contributed by atoms with van der Waals surface area (Å²) in [5.41, 5.74) is 0. The average molecular weight is 214 g/mol. The monoisotopic (exact) mass is 214 g/mol.